The summed E-state index contributed by atoms with van der Waals surface area (Å²) < 4.78 is 29.4. The fourth-order valence-electron chi connectivity index (χ4n) is 4.92. The first-order valence-corrected chi connectivity index (χ1v) is 12.7. The Kier molecular flexibility index (Phi) is 8.41. The molecule has 0 radical (unpaired) electrons. The number of pyridine rings is 1. The molecule has 0 saturated carbocycles. The molecule has 1 aromatic heterocycles. The van der Waals surface area contributed by atoms with E-state index in [1.54, 1.807) is 0 Å². The van der Waals surface area contributed by atoms with Crippen molar-refractivity contribution in [3.8, 4) is 0 Å². The van der Waals surface area contributed by atoms with Crippen molar-refractivity contribution >= 4 is 29.3 Å². The zero-order chi connectivity index (χ0) is 25.7. The molecule has 0 aliphatic carbocycles. The highest BCUT2D eigenvalue weighted by Crippen LogP contribution is 2.31. The fourth-order valence-corrected chi connectivity index (χ4v) is 5.13. The van der Waals surface area contributed by atoms with Gasteiger partial charge in [0, 0.05) is 25.3 Å². The minimum atomic E-state index is -1.39. The summed E-state index contributed by atoms with van der Waals surface area (Å²) in [4.78, 5) is 30.8. The second-order valence-corrected chi connectivity index (χ2v) is 10.0. The van der Waals surface area contributed by atoms with Crippen LogP contribution in [0.15, 0.2) is 30.3 Å². The molecule has 2 atom stereocenters. The molecule has 2 aliphatic heterocycles. The third kappa shape index (κ3) is 6.50. The highest BCUT2D eigenvalue weighted by molar-refractivity contribution is 6.34. The van der Waals surface area contributed by atoms with Gasteiger partial charge in [0.15, 0.2) is 0 Å². The first kappa shape index (κ1) is 26.3. The molecule has 1 unspecified atom stereocenters. The lowest BCUT2D eigenvalue weighted by Gasteiger charge is -2.38. The van der Waals surface area contributed by atoms with E-state index in [0.717, 1.165) is 37.0 Å². The zero-order valence-corrected chi connectivity index (χ0v) is 20.8. The van der Waals surface area contributed by atoms with Crippen LogP contribution in [0.3, 0.4) is 0 Å². The van der Waals surface area contributed by atoms with Crippen molar-refractivity contribution in [3.05, 3.63) is 58.0 Å². The quantitative estimate of drug-likeness (QED) is 0.458. The summed E-state index contributed by atoms with van der Waals surface area (Å²) in [6.07, 6.45) is 4.16. The molecule has 3 N–H and O–H groups in total. The number of aryl methyl sites for hydroxylation is 2. The SMILES string of the molecule is O=C(NC(CCN1CCC[C@](F)(CCc2ccc3c(n2)NCCC3)C1)C(=O)O)c1cccc(F)c1Cl. The number of fused-ring (bicyclic) bond motifs is 1. The molecule has 36 heavy (non-hydrogen) atoms. The van der Waals surface area contributed by atoms with E-state index in [1.807, 2.05) is 11.0 Å². The van der Waals surface area contributed by atoms with E-state index in [1.165, 1.54) is 17.7 Å². The van der Waals surface area contributed by atoms with Gasteiger partial charge in [0.2, 0.25) is 0 Å². The largest absolute Gasteiger partial charge is 0.480 e. The summed E-state index contributed by atoms with van der Waals surface area (Å²) in [6, 6.07) is 6.61. The van der Waals surface area contributed by atoms with Gasteiger partial charge in [0.05, 0.1) is 10.6 Å². The molecule has 7 nitrogen and oxygen atoms in total. The van der Waals surface area contributed by atoms with Crippen molar-refractivity contribution in [1.82, 2.24) is 15.2 Å². The first-order valence-electron chi connectivity index (χ1n) is 12.4. The average molecular weight is 521 g/mol. The number of carbonyl (C=O) groups excluding carboxylic acids is 1. The number of carboxylic acids is 1. The highest BCUT2D eigenvalue weighted by Gasteiger charge is 2.36. The number of halogens is 3. The van der Waals surface area contributed by atoms with E-state index in [4.69, 9.17) is 11.6 Å². The third-order valence-electron chi connectivity index (χ3n) is 6.92. The molecule has 2 aromatic rings. The van der Waals surface area contributed by atoms with Gasteiger partial charge in [0.1, 0.15) is 23.3 Å². The van der Waals surface area contributed by atoms with Crippen molar-refractivity contribution in [1.29, 1.82) is 0 Å². The van der Waals surface area contributed by atoms with Crippen LogP contribution in [0, 0.1) is 5.82 Å². The topological polar surface area (TPSA) is 94.6 Å². The van der Waals surface area contributed by atoms with Crippen molar-refractivity contribution in [3.63, 3.8) is 0 Å². The second kappa shape index (κ2) is 11.5. The predicted molar refractivity (Wildman–Crippen MR) is 134 cm³/mol. The molecular weight excluding hydrogens is 490 g/mol. The van der Waals surface area contributed by atoms with E-state index < -0.39 is 29.4 Å². The number of carboxylic acid groups (broad SMARTS) is 1. The van der Waals surface area contributed by atoms with Gasteiger partial charge < -0.3 is 20.6 Å². The average Bonchev–Trinajstić information content (AvgIpc) is 2.86. The van der Waals surface area contributed by atoms with Crippen LogP contribution in [0.4, 0.5) is 14.6 Å². The van der Waals surface area contributed by atoms with Crippen LogP contribution in [0.25, 0.3) is 0 Å². The normalized spacial score (nSPS) is 20.8. The monoisotopic (exact) mass is 520 g/mol. The van der Waals surface area contributed by atoms with Crippen LogP contribution in [-0.4, -0.2) is 64.8 Å². The lowest BCUT2D eigenvalue weighted by Crippen LogP contribution is -2.48. The number of aliphatic carboxylic acids is 1. The van der Waals surface area contributed by atoms with Gasteiger partial charge >= 0.3 is 5.97 Å². The summed E-state index contributed by atoms with van der Waals surface area (Å²) in [5.74, 6) is -1.84. The molecule has 1 amide bonds. The lowest BCUT2D eigenvalue weighted by molar-refractivity contribution is -0.139. The number of hydrogen-bond donors (Lipinski definition) is 3. The van der Waals surface area contributed by atoms with Gasteiger partial charge in [-0.3, -0.25) is 4.79 Å². The standard InChI is InChI=1S/C26H31ClF2N4O3/c27-22-19(5-1-6-20(22)28)24(34)32-21(25(35)36)10-15-33-14-3-11-26(29,16-33)12-9-18-8-7-17-4-2-13-30-23(17)31-18/h1,5-8,21H,2-4,9-16H2,(H,30,31)(H,32,34)(H,35,36)/t21?,26-/m0/s1. The number of hydrogen-bond acceptors (Lipinski definition) is 5. The Labute approximate surface area is 214 Å². The van der Waals surface area contributed by atoms with Gasteiger partial charge in [-0.15, -0.1) is 0 Å². The molecule has 194 valence electrons. The Balaban J connectivity index is 1.31. The van der Waals surface area contributed by atoms with Gasteiger partial charge in [-0.1, -0.05) is 23.7 Å². The number of alkyl halides is 1. The maximum absolute atomic E-state index is 15.7. The Bertz CT molecular complexity index is 1120. The van der Waals surface area contributed by atoms with E-state index in [9.17, 15) is 19.1 Å². The van der Waals surface area contributed by atoms with Crippen LogP contribution in [0.5, 0.6) is 0 Å². The number of likely N-dealkylation sites (tertiary alicyclic amines) is 1. The molecule has 0 bridgehead atoms. The number of piperidine rings is 1. The lowest BCUT2D eigenvalue weighted by atomic mass is 9.89. The second-order valence-electron chi connectivity index (χ2n) is 9.63. The van der Waals surface area contributed by atoms with Crippen LogP contribution < -0.4 is 10.6 Å². The third-order valence-corrected chi connectivity index (χ3v) is 7.30. The van der Waals surface area contributed by atoms with Gasteiger partial charge in [-0.05, 0) is 75.3 Å². The summed E-state index contributed by atoms with van der Waals surface area (Å²) in [7, 11) is 0. The van der Waals surface area contributed by atoms with E-state index in [0.29, 0.717) is 38.8 Å². The van der Waals surface area contributed by atoms with Crippen LogP contribution >= 0.6 is 11.6 Å². The number of rotatable bonds is 9. The Morgan fingerprint density at radius 3 is 2.92 bits per heavy atom. The zero-order valence-electron chi connectivity index (χ0n) is 20.0. The smallest absolute Gasteiger partial charge is 0.326 e. The maximum Gasteiger partial charge on any atom is 0.326 e. The molecule has 0 spiro atoms. The van der Waals surface area contributed by atoms with Crippen molar-refractivity contribution in [2.45, 2.75) is 56.7 Å². The number of nitrogens with zero attached hydrogens (tertiary/aromatic N) is 2. The minimum absolute atomic E-state index is 0.0855. The van der Waals surface area contributed by atoms with E-state index in [-0.39, 0.29) is 23.6 Å². The number of nitrogens with one attached hydrogen (secondary N) is 2. The van der Waals surface area contributed by atoms with Gasteiger partial charge in [-0.2, -0.15) is 0 Å². The van der Waals surface area contributed by atoms with E-state index >= 15 is 4.39 Å². The number of amides is 1. The molecule has 1 saturated heterocycles. The number of anilines is 1. The molecule has 1 aromatic carbocycles. The summed E-state index contributed by atoms with van der Waals surface area (Å²) >= 11 is 5.85. The Hall–Kier alpha value is -2.78. The molecule has 10 heteroatoms. The van der Waals surface area contributed by atoms with Crippen LogP contribution in [-0.2, 0) is 17.6 Å². The summed E-state index contributed by atoms with van der Waals surface area (Å²) in [6.45, 7) is 2.06. The molecule has 1 fully saturated rings. The van der Waals surface area contributed by atoms with E-state index in [2.05, 4.69) is 21.7 Å². The number of benzene rings is 1. The van der Waals surface area contributed by atoms with Crippen molar-refractivity contribution in [2.24, 2.45) is 0 Å². The first-order chi connectivity index (χ1) is 17.2. The van der Waals surface area contributed by atoms with Crippen LogP contribution in [0.2, 0.25) is 5.02 Å². The van der Waals surface area contributed by atoms with Crippen molar-refractivity contribution in [2.75, 3.05) is 31.5 Å². The van der Waals surface area contributed by atoms with Crippen LogP contribution in [0.1, 0.15) is 53.7 Å². The Morgan fingerprint density at radius 2 is 2.11 bits per heavy atom. The predicted octanol–water partition coefficient (Wildman–Crippen LogP) is 4.24. The number of carbonyl (C=O) groups is 2. The maximum atomic E-state index is 15.7. The molecule has 2 aliphatic rings. The summed E-state index contributed by atoms with van der Waals surface area (Å²) in [5, 5.41) is 14.9. The fraction of sp³-hybridized carbons (Fsp3) is 0.500. The highest BCUT2D eigenvalue weighted by atomic mass is 35.5. The minimum Gasteiger partial charge on any atom is -0.480 e. The number of aromatic nitrogens is 1. The Morgan fingerprint density at radius 1 is 1.28 bits per heavy atom. The molecule has 3 heterocycles. The van der Waals surface area contributed by atoms with Gasteiger partial charge in [0.25, 0.3) is 5.91 Å². The molecular formula is C26H31ClF2N4O3. The van der Waals surface area contributed by atoms with Gasteiger partial charge in [-0.25, -0.2) is 18.6 Å². The summed E-state index contributed by atoms with van der Waals surface area (Å²) in [5.41, 5.74) is 0.542. The van der Waals surface area contributed by atoms with Crippen molar-refractivity contribution < 1.29 is 23.5 Å². The molecule has 4 rings (SSSR count).